The van der Waals surface area contributed by atoms with E-state index >= 15 is 0 Å². The summed E-state index contributed by atoms with van der Waals surface area (Å²) < 4.78 is 0. The summed E-state index contributed by atoms with van der Waals surface area (Å²) in [6, 6.07) is 0. The van der Waals surface area contributed by atoms with E-state index in [2.05, 4.69) is 10.3 Å². The summed E-state index contributed by atoms with van der Waals surface area (Å²) in [5, 5.41) is 19.6. The average Bonchev–Trinajstić information content (AvgIpc) is 2.22. The van der Waals surface area contributed by atoms with E-state index in [0.717, 1.165) is 6.20 Å². The SMILES string of the molecule is CNC.O=C(O)c1ncc(Cl)c(Cl)c1C(=O)O. The van der Waals surface area contributed by atoms with Crippen LogP contribution in [-0.2, 0) is 0 Å². The van der Waals surface area contributed by atoms with Crippen molar-refractivity contribution in [3.63, 3.8) is 0 Å². The Morgan fingerprint density at radius 1 is 1.24 bits per heavy atom. The van der Waals surface area contributed by atoms with Gasteiger partial charge in [0, 0.05) is 6.20 Å². The third-order valence-corrected chi connectivity index (χ3v) is 2.17. The average molecular weight is 281 g/mol. The molecule has 0 saturated heterocycles. The summed E-state index contributed by atoms with van der Waals surface area (Å²) in [6.45, 7) is 0. The molecule has 3 N–H and O–H groups in total. The third-order valence-electron chi connectivity index (χ3n) is 1.39. The molecule has 94 valence electrons. The topological polar surface area (TPSA) is 99.5 Å². The van der Waals surface area contributed by atoms with Crippen LogP contribution in [0.4, 0.5) is 0 Å². The molecule has 0 aliphatic rings. The zero-order chi connectivity index (χ0) is 13.6. The van der Waals surface area contributed by atoms with E-state index in [1.807, 2.05) is 14.1 Å². The molecule has 0 unspecified atom stereocenters. The van der Waals surface area contributed by atoms with Gasteiger partial charge in [0.25, 0.3) is 0 Å². The minimum absolute atomic E-state index is 0.103. The molecule has 1 rings (SSSR count). The first-order chi connectivity index (χ1) is 7.86. The number of hydrogen-bond donors (Lipinski definition) is 3. The number of rotatable bonds is 2. The van der Waals surface area contributed by atoms with Crippen molar-refractivity contribution in [1.29, 1.82) is 0 Å². The predicted octanol–water partition coefficient (Wildman–Crippen LogP) is 1.62. The van der Waals surface area contributed by atoms with Crippen molar-refractivity contribution in [3.05, 3.63) is 27.5 Å². The molecule has 0 atom stereocenters. The lowest BCUT2D eigenvalue weighted by Crippen LogP contribution is -2.11. The first kappa shape index (κ1) is 15.6. The highest BCUT2D eigenvalue weighted by Crippen LogP contribution is 2.26. The van der Waals surface area contributed by atoms with Crippen molar-refractivity contribution in [1.82, 2.24) is 10.3 Å². The van der Waals surface area contributed by atoms with Crippen LogP contribution < -0.4 is 5.32 Å². The van der Waals surface area contributed by atoms with Gasteiger partial charge in [-0.1, -0.05) is 23.2 Å². The summed E-state index contributed by atoms with van der Waals surface area (Å²) in [5.41, 5.74) is -1.24. The Balaban J connectivity index is 0.000000770. The van der Waals surface area contributed by atoms with Gasteiger partial charge >= 0.3 is 11.9 Å². The lowest BCUT2D eigenvalue weighted by Gasteiger charge is -2.03. The van der Waals surface area contributed by atoms with Crippen molar-refractivity contribution in [2.75, 3.05) is 14.1 Å². The number of carboxylic acid groups (broad SMARTS) is 2. The molecule has 0 radical (unpaired) electrons. The van der Waals surface area contributed by atoms with Gasteiger partial charge in [-0.2, -0.15) is 0 Å². The van der Waals surface area contributed by atoms with Crippen molar-refractivity contribution >= 4 is 35.1 Å². The molecular weight excluding hydrogens is 271 g/mol. The lowest BCUT2D eigenvalue weighted by molar-refractivity contribution is 0.0646. The predicted molar refractivity (Wildman–Crippen MR) is 63.2 cm³/mol. The number of aromatic nitrogens is 1. The molecule has 1 aromatic heterocycles. The summed E-state index contributed by atoms with van der Waals surface area (Å²) in [4.78, 5) is 24.6. The normalized spacial score (nSPS) is 9.18. The number of pyridine rings is 1. The van der Waals surface area contributed by atoms with E-state index in [9.17, 15) is 9.59 Å². The molecule has 0 fully saturated rings. The number of aromatic carboxylic acids is 2. The Hall–Kier alpha value is -1.37. The van der Waals surface area contributed by atoms with E-state index in [0.29, 0.717) is 0 Å². The Morgan fingerprint density at radius 3 is 2.06 bits per heavy atom. The molecular formula is C9H10Cl2N2O4. The maximum absolute atomic E-state index is 10.7. The van der Waals surface area contributed by atoms with E-state index in [4.69, 9.17) is 33.4 Å². The van der Waals surface area contributed by atoms with Gasteiger partial charge in [0.2, 0.25) is 0 Å². The highest BCUT2D eigenvalue weighted by Gasteiger charge is 2.22. The van der Waals surface area contributed by atoms with Gasteiger partial charge in [0.15, 0.2) is 5.69 Å². The molecule has 1 heterocycles. The maximum Gasteiger partial charge on any atom is 0.355 e. The molecule has 0 spiro atoms. The molecule has 0 amide bonds. The van der Waals surface area contributed by atoms with Gasteiger partial charge in [0.1, 0.15) is 5.56 Å². The van der Waals surface area contributed by atoms with Crippen LogP contribution in [0, 0.1) is 0 Å². The summed E-state index contributed by atoms with van der Waals surface area (Å²) in [6.07, 6.45) is 0.986. The van der Waals surface area contributed by atoms with Gasteiger partial charge < -0.3 is 15.5 Å². The van der Waals surface area contributed by atoms with E-state index in [1.165, 1.54) is 0 Å². The molecule has 0 aliphatic heterocycles. The summed E-state index contributed by atoms with van der Waals surface area (Å²) in [5.74, 6) is -2.96. The molecule has 0 saturated carbocycles. The van der Waals surface area contributed by atoms with Crippen LogP contribution >= 0.6 is 23.2 Å². The number of carboxylic acids is 2. The smallest absolute Gasteiger partial charge is 0.355 e. The number of hydrogen-bond acceptors (Lipinski definition) is 4. The fourth-order valence-corrected chi connectivity index (χ4v) is 1.19. The molecule has 0 bridgehead atoms. The standard InChI is InChI=1S/C7H3Cl2NO4.C2H7N/c8-2-1-10-5(7(13)14)3(4(2)9)6(11)12;1-3-2/h1H,(H,11,12)(H,13,14);3H,1-2H3. The number of nitrogens with one attached hydrogen (secondary N) is 1. The van der Waals surface area contributed by atoms with E-state index < -0.39 is 23.2 Å². The van der Waals surface area contributed by atoms with Gasteiger partial charge in [-0.3, -0.25) is 0 Å². The van der Waals surface area contributed by atoms with Crippen molar-refractivity contribution in [2.24, 2.45) is 0 Å². The second kappa shape index (κ2) is 7.05. The quantitative estimate of drug-likeness (QED) is 0.761. The Labute approximate surface area is 107 Å². The second-order valence-electron chi connectivity index (χ2n) is 2.75. The van der Waals surface area contributed by atoms with Crippen LogP contribution in [-0.4, -0.2) is 41.2 Å². The van der Waals surface area contributed by atoms with Crippen LogP contribution in [0.25, 0.3) is 0 Å². The minimum atomic E-state index is -1.48. The van der Waals surface area contributed by atoms with Crippen LogP contribution in [0.5, 0.6) is 0 Å². The lowest BCUT2D eigenvalue weighted by atomic mass is 10.2. The highest BCUT2D eigenvalue weighted by molar-refractivity contribution is 6.44. The maximum atomic E-state index is 10.7. The Bertz CT molecular complexity index is 437. The molecule has 8 heteroatoms. The minimum Gasteiger partial charge on any atom is -0.478 e. The number of nitrogens with zero attached hydrogens (tertiary/aromatic N) is 1. The van der Waals surface area contributed by atoms with Gasteiger partial charge in [-0.05, 0) is 14.1 Å². The van der Waals surface area contributed by atoms with Gasteiger partial charge in [-0.25, -0.2) is 14.6 Å². The van der Waals surface area contributed by atoms with Crippen LogP contribution in [0.3, 0.4) is 0 Å². The Morgan fingerprint density at radius 2 is 1.71 bits per heavy atom. The van der Waals surface area contributed by atoms with Crippen LogP contribution in [0.2, 0.25) is 10.0 Å². The Kier molecular flexibility index (Phi) is 6.48. The van der Waals surface area contributed by atoms with E-state index in [1.54, 1.807) is 0 Å². The zero-order valence-corrected chi connectivity index (χ0v) is 10.5. The fraction of sp³-hybridized carbons (Fsp3) is 0.222. The number of halogens is 2. The second-order valence-corrected chi connectivity index (χ2v) is 3.54. The largest absolute Gasteiger partial charge is 0.478 e. The highest BCUT2D eigenvalue weighted by atomic mass is 35.5. The molecule has 17 heavy (non-hydrogen) atoms. The molecule has 6 nitrogen and oxygen atoms in total. The van der Waals surface area contributed by atoms with E-state index in [-0.39, 0.29) is 10.0 Å². The van der Waals surface area contributed by atoms with Crippen LogP contribution in [0.15, 0.2) is 6.20 Å². The molecule has 0 aliphatic carbocycles. The third kappa shape index (κ3) is 4.18. The number of carbonyl (C=O) groups is 2. The van der Waals surface area contributed by atoms with Gasteiger partial charge in [0.05, 0.1) is 10.0 Å². The van der Waals surface area contributed by atoms with Crippen molar-refractivity contribution in [2.45, 2.75) is 0 Å². The molecule has 0 aromatic carbocycles. The van der Waals surface area contributed by atoms with Gasteiger partial charge in [-0.15, -0.1) is 0 Å². The summed E-state index contributed by atoms with van der Waals surface area (Å²) >= 11 is 11.0. The zero-order valence-electron chi connectivity index (χ0n) is 8.99. The first-order valence-corrected chi connectivity index (χ1v) is 5.01. The fourth-order valence-electron chi connectivity index (χ4n) is 0.823. The van der Waals surface area contributed by atoms with Crippen LogP contribution in [0.1, 0.15) is 20.8 Å². The summed E-state index contributed by atoms with van der Waals surface area (Å²) in [7, 11) is 3.75. The van der Waals surface area contributed by atoms with Crippen molar-refractivity contribution in [3.8, 4) is 0 Å². The monoisotopic (exact) mass is 280 g/mol. The first-order valence-electron chi connectivity index (χ1n) is 4.25. The molecule has 1 aromatic rings. The van der Waals surface area contributed by atoms with Crippen molar-refractivity contribution < 1.29 is 19.8 Å².